The number of anilines is 1. The molecule has 0 amide bonds. The Morgan fingerprint density at radius 2 is 2.44 bits per heavy atom. The highest BCUT2D eigenvalue weighted by Gasteiger charge is 2.37. The van der Waals surface area contributed by atoms with E-state index in [1.807, 2.05) is 13.8 Å². The molecule has 18 heavy (non-hydrogen) atoms. The summed E-state index contributed by atoms with van der Waals surface area (Å²) in [5.41, 5.74) is -0.159. The number of nitrogens with zero attached hydrogens (tertiary/aromatic N) is 1. The van der Waals surface area contributed by atoms with Crippen molar-refractivity contribution in [2.24, 2.45) is 0 Å². The van der Waals surface area contributed by atoms with E-state index in [4.69, 9.17) is 21.4 Å². The van der Waals surface area contributed by atoms with Gasteiger partial charge in [-0.2, -0.15) is 0 Å². The number of ether oxygens (including phenoxy) is 1. The molecule has 6 heteroatoms. The molecular formula is C12H15ClN2O3. The zero-order valence-electron chi connectivity index (χ0n) is 10.2. The molecule has 1 aliphatic rings. The molecular weight excluding hydrogens is 256 g/mol. The minimum absolute atomic E-state index is 0.0505. The Hall–Kier alpha value is -1.33. The number of halogens is 1. The Kier molecular flexibility index (Phi) is 3.45. The highest BCUT2D eigenvalue weighted by molar-refractivity contribution is 6.33. The summed E-state index contributed by atoms with van der Waals surface area (Å²) in [6, 6.07) is 1.39. The number of hydrogen-bond donors (Lipinski definition) is 2. The second kappa shape index (κ2) is 4.74. The Bertz CT molecular complexity index is 480. The van der Waals surface area contributed by atoms with E-state index < -0.39 is 5.97 Å². The maximum atomic E-state index is 10.8. The van der Waals surface area contributed by atoms with Gasteiger partial charge in [0.1, 0.15) is 5.82 Å². The Labute approximate surface area is 110 Å². The molecule has 0 bridgehead atoms. The summed E-state index contributed by atoms with van der Waals surface area (Å²) in [6.07, 6.45) is 2.20. The zero-order chi connectivity index (χ0) is 13.3. The predicted molar refractivity (Wildman–Crippen MR) is 68.3 cm³/mol. The predicted octanol–water partition coefficient (Wildman–Crippen LogP) is 2.41. The summed E-state index contributed by atoms with van der Waals surface area (Å²) in [7, 11) is 0. The van der Waals surface area contributed by atoms with Crippen LogP contribution in [0.4, 0.5) is 5.82 Å². The van der Waals surface area contributed by atoms with Crippen LogP contribution in [0.15, 0.2) is 12.3 Å². The molecule has 1 aromatic rings. The first kappa shape index (κ1) is 13.1. The van der Waals surface area contributed by atoms with Crippen LogP contribution >= 0.6 is 11.6 Å². The number of aromatic nitrogens is 1. The van der Waals surface area contributed by atoms with Crippen molar-refractivity contribution >= 4 is 23.4 Å². The van der Waals surface area contributed by atoms with Crippen molar-refractivity contribution in [2.45, 2.75) is 31.9 Å². The molecule has 0 aromatic carbocycles. The average molecular weight is 271 g/mol. The zero-order valence-corrected chi connectivity index (χ0v) is 11.0. The molecule has 0 saturated carbocycles. The summed E-state index contributed by atoms with van der Waals surface area (Å²) in [5, 5.41) is 12.4. The molecule has 1 aliphatic heterocycles. The first-order valence-corrected chi connectivity index (χ1v) is 6.09. The van der Waals surface area contributed by atoms with E-state index in [1.54, 1.807) is 0 Å². The van der Waals surface area contributed by atoms with Crippen molar-refractivity contribution in [1.29, 1.82) is 0 Å². The smallest absolute Gasteiger partial charge is 0.337 e. The molecule has 0 radical (unpaired) electrons. The third-order valence-electron chi connectivity index (χ3n) is 3.38. The van der Waals surface area contributed by atoms with Gasteiger partial charge in [-0.15, -0.1) is 0 Å². The van der Waals surface area contributed by atoms with E-state index in [2.05, 4.69) is 10.3 Å². The normalized spacial score (nSPS) is 27.2. The van der Waals surface area contributed by atoms with Gasteiger partial charge in [-0.3, -0.25) is 0 Å². The number of carboxylic acid groups (broad SMARTS) is 1. The highest BCUT2D eigenvalue weighted by Crippen LogP contribution is 2.31. The van der Waals surface area contributed by atoms with Crippen LogP contribution in [-0.2, 0) is 4.74 Å². The van der Waals surface area contributed by atoms with E-state index in [1.165, 1.54) is 12.3 Å². The summed E-state index contributed by atoms with van der Waals surface area (Å²) >= 11 is 6.03. The van der Waals surface area contributed by atoms with E-state index in [0.29, 0.717) is 17.4 Å². The fourth-order valence-electron chi connectivity index (χ4n) is 1.92. The van der Waals surface area contributed by atoms with Crippen molar-refractivity contribution in [3.8, 4) is 0 Å². The van der Waals surface area contributed by atoms with Crippen molar-refractivity contribution in [1.82, 2.24) is 4.98 Å². The fraction of sp³-hybridized carbons (Fsp3) is 0.500. The topological polar surface area (TPSA) is 71.5 Å². The lowest BCUT2D eigenvalue weighted by atomic mass is 9.95. The van der Waals surface area contributed by atoms with E-state index in [0.717, 1.165) is 6.42 Å². The number of aromatic carboxylic acids is 1. The molecule has 2 atom stereocenters. The lowest BCUT2D eigenvalue weighted by Crippen LogP contribution is -2.41. The molecule has 5 nitrogen and oxygen atoms in total. The lowest BCUT2D eigenvalue weighted by Gasteiger charge is -2.29. The minimum atomic E-state index is -1.04. The van der Waals surface area contributed by atoms with Crippen LogP contribution in [0.25, 0.3) is 0 Å². The highest BCUT2D eigenvalue weighted by atomic mass is 35.5. The molecule has 1 fully saturated rings. The van der Waals surface area contributed by atoms with Gasteiger partial charge in [0.05, 0.1) is 22.2 Å². The van der Waals surface area contributed by atoms with Gasteiger partial charge in [0.25, 0.3) is 0 Å². The second-order valence-electron chi connectivity index (χ2n) is 4.67. The molecule has 0 aliphatic carbocycles. The number of pyridine rings is 1. The molecule has 2 heterocycles. The van der Waals surface area contributed by atoms with E-state index >= 15 is 0 Å². The van der Waals surface area contributed by atoms with Gasteiger partial charge in [-0.25, -0.2) is 9.78 Å². The number of rotatable bonds is 3. The minimum Gasteiger partial charge on any atom is -0.478 e. The van der Waals surface area contributed by atoms with Crippen LogP contribution in [0.2, 0.25) is 5.02 Å². The molecule has 98 valence electrons. The lowest BCUT2D eigenvalue weighted by molar-refractivity contribution is 0.0696. The number of hydrogen-bond acceptors (Lipinski definition) is 4. The molecule has 2 rings (SSSR count). The SMILES string of the molecule is CC1OCCC1(C)Nc1ncc(C(=O)O)cc1Cl. The third-order valence-corrected chi connectivity index (χ3v) is 3.67. The van der Waals surface area contributed by atoms with Crippen molar-refractivity contribution < 1.29 is 14.6 Å². The molecule has 2 unspecified atom stereocenters. The molecule has 0 spiro atoms. The number of carboxylic acids is 1. The largest absolute Gasteiger partial charge is 0.478 e. The summed E-state index contributed by atoms with van der Waals surface area (Å²) < 4.78 is 5.51. The Balaban J connectivity index is 2.22. The standard InChI is InChI=1S/C12H15ClN2O3/c1-7-12(2,3-4-18-7)15-10-9(13)5-8(6-14-10)11(16)17/h5-7H,3-4H2,1-2H3,(H,14,15)(H,16,17). The van der Waals surface area contributed by atoms with Crippen LogP contribution in [0.3, 0.4) is 0 Å². The average Bonchev–Trinajstić information content (AvgIpc) is 2.62. The molecule has 2 N–H and O–H groups in total. The van der Waals surface area contributed by atoms with Gasteiger partial charge < -0.3 is 15.2 Å². The quantitative estimate of drug-likeness (QED) is 0.883. The Morgan fingerprint density at radius 1 is 1.72 bits per heavy atom. The second-order valence-corrected chi connectivity index (χ2v) is 5.07. The fourth-order valence-corrected chi connectivity index (χ4v) is 2.13. The van der Waals surface area contributed by atoms with E-state index in [9.17, 15) is 4.79 Å². The van der Waals surface area contributed by atoms with Gasteiger partial charge in [-0.1, -0.05) is 11.6 Å². The molecule has 1 saturated heterocycles. The van der Waals surface area contributed by atoms with Crippen molar-refractivity contribution in [3.05, 3.63) is 22.8 Å². The summed E-state index contributed by atoms with van der Waals surface area (Å²) in [5.74, 6) is -0.554. The van der Waals surface area contributed by atoms with Crippen LogP contribution in [0.5, 0.6) is 0 Å². The Morgan fingerprint density at radius 3 is 2.94 bits per heavy atom. The van der Waals surface area contributed by atoms with Crippen molar-refractivity contribution in [3.63, 3.8) is 0 Å². The van der Waals surface area contributed by atoms with Crippen molar-refractivity contribution in [2.75, 3.05) is 11.9 Å². The van der Waals surface area contributed by atoms with Gasteiger partial charge in [0.15, 0.2) is 0 Å². The monoisotopic (exact) mass is 270 g/mol. The third kappa shape index (κ3) is 2.42. The van der Waals surface area contributed by atoms with Gasteiger partial charge >= 0.3 is 5.97 Å². The maximum Gasteiger partial charge on any atom is 0.337 e. The van der Waals surface area contributed by atoms with E-state index in [-0.39, 0.29) is 17.2 Å². The molecule has 1 aromatic heterocycles. The first-order valence-electron chi connectivity index (χ1n) is 5.71. The summed E-state index contributed by atoms with van der Waals surface area (Å²) in [4.78, 5) is 14.8. The van der Waals surface area contributed by atoms with Crippen LogP contribution in [0, 0.1) is 0 Å². The number of carbonyl (C=O) groups is 1. The van der Waals surface area contributed by atoms with Gasteiger partial charge in [0, 0.05) is 12.8 Å². The summed E-state index contributed by atoms with van der Waals surface area (Å²) in [6.45, 7) is 4.71. The van der Waals surface area contributed by atoms with Crippen LogP contribution < -0.4 is 5.32 Å². The van der Waals surface area contributed by atoms with Crippen LogP contribution in [-0.4, -0.2) is 34.3 Å². The van der Waals surface area contributed by atoms with Crippen LogP contribution in [0.1, 0.15) is 30.6 Å². The maximum absolute atomic E-state index is 10.8. The number of nitrogens with one attached hydrogen (secondary N) is 1. The van der Waals surface area contributed by atoms with Gasteiger partial charge in [-0.05, 0) is 26.3 Å². The van der Waals surface area contributed by atoms with Gasteiger partial charge in [0.2, 0.25) is 0 Å². The first-order chi connectivity index (χ1) is 8.42.